The van der Waals surface area contributed by atoms with Crippen molar-refractivity contribution < 1.29 is 15.2 Å². The van der Waals surface area contributed by atoms with Crippen LogP contribution in [-0.4, -0.2) is 63.8 Å². The average Bonchev–Trinajstić information content (AvgIpc) is 2.97. The molecule has 7 nitrogen and oxygen atoms in total. The van der Waals surface area contributed by atoms with E-state index in [0.717, 1.165) is 0 Å². The summed E-state index contributed by atoms with van der Waals surface area (Å²) < 4.78 is 0. The van der Waals surface area contributed by atoms with E-state index in [1.54, 1.807) is 9.80 Å². The Kier molecular flexibility index (Phi) is 2.93. The molecule has 2 aliphatic rings. The molecule has 0 aromatic carbocycles. The number of rotatable bonds is 0. The third-order valence-electron chi connectivity index (χ3n) is 2.91. The van der Waals surface area contributed by atoms with Crippen LogP contribution in [-0.2, 0) is 0 Å². The van der Waals surface area contributed by atoms with Crippen LogP contribution in [0.3, 0.4) is 0 Å². The number of hydrogen-bond acceptors (Lipinski definition) is 5. The Balaban J connectivity index is 1.94. The fraction of sp³-hybridized carbons (Fsp3) is 0.667. The van der Waals surface area contributed by atoms with Gasteiger partial charge in [0.05, 0.1) is 24.5 Å². The van der Waals surface area contributed by atoms with E-state index in [-0.39, 0.29) is 6.03 Å². The van der Waals surface area contributed by atoms with Crippen LogP contribution >= 0.6 is 0 Å². The Hall–Kier alpha value is -1.79. The van der Waals surface area contributed by atoms with Gasteiger partial charge in [0.2, 0.25) is 0 Å². The van der Waals surface area contributed by atoms with Crippen molar-refractivity contribution in [2.24, 2.45) is 10.3 Å². The highest BCUT2D eigenvalue weighted by Gasteiger charge is 2.30. The normalized spacial score (nSPS) is 26.0. The van der Waals surface area contributed by atoms with Crippen molar-refractivity contribution in [2.45, 2.75) is 12.8 Å². The number of urea groups is 1. The van der Waals surface area contributed by atoms with E-state index in [0.29, 0.717) is 50.4 Å². The van der Waals surface area contributed by atoms with Gasteiger partial charge >= 0.3 is 6.03 Å². The number of likely N-dealkylation sites (tertiary alicyclic amines) is 2. The van der Waals surface area contributed by atoms with Gasteiger partial charge in [-0.2, -0.15) is 0 Å². The van der Waals surface area contributed by atoms with Crippen LogP contribution in [0.2, 0.25) is 0 Å². The van der Waals surface area contributed by atoms with Crippen LogP contribution in [0.25, 0.3) is 0 Å². The lowest BCUT2D eigenvalue weighted by atomic mass is 10.3. The fourth-order valence-corrected chi connectivity index (χ4v) is 1.97. The molecule has 2 heterocycles. The van der Waals surface area contributed by atoms with Gasteiger partial charge in [0.15, 0.2) is 0 Å². The van der Waals surface area contributed by atoms with Gasteiger partial charge in [-0.15, -0.1) is 0 Å². The molecule has 0 radical (unpaired) electrons. The van der Waals surface area contributed by atoms with Crippen molar-refractivity contribution in [3.63, 3.8) is 0 Å². The first-order chi connectivity index (χ1) is 7.74. The summed E-state index contributed by atoms with van der Waals surface area (Å²) in [6, 6.07) is -0.0858. The van der Waals surface area contributed by atoms with Crippen LogP contribution in [0.1, 0.15) is 12.8 Å². The molecule has 0 aromatic rings. The van der Waals surface area contributed by atoms with E-state index in [1.165, 1.54) is 0 Å². The number of carbonyl (C=O) groups is 1. The van der Waals surface area contributed by atoms with Gasteiger partial charge in [-0.1, -0.05) is 10.3 Å². The zero-order valence-electron chi connectivity index (χ0n) is 8.83. The monoisotopic (exact) mass is 226 g/mol. The maximum atomic E-state index is 11.9. The predicted octanol–water partition coefficient (Wildman–Crippen LogP) is 0.178. The first kappa shape index (κ1) is 10.7. The lowest BCUT2D eigenvalue weighted by Gasteiger charge is -2.22. The lowest BCUT2D eigenvalue weighted by Crippen LogP contribution is -2.41. The summed E-state index contributed by atoms with van der Waals surface area (Å²) in [4.78, 5) is 15.2. The van der Waals surface area contributed by atoms with E-state index >= 15 is 0 Å². The highest BCUT2D eigenvalue weighted by molar-refractivity contribution is 5.95. The molecule has 0 aliphatic carbocycles. The molecule has 0 saturated carbocycles. The van der Waals surface area contributed by atoms with Crippen molar-refractivity contribution in [1.82, 2.24) is 9.80 Å². The molecule has 0 unspecified atom stereocenters. The van der Waals surface area contributed by atoms with Gasteiger partial charge in [-0.25, -0.2) is 4.79 Å². The third-order valence-corrected chi connectivity index (χ3v) is 2.91. The van der Waals surface area contributed by atoms with E-state index in [9.17, 15) is 4.79 Å². The van der Waals surface area contributed by atoms with Gasteiger partial charge in [-0.05, 0) is 0 Å². The van der Waals surface area contributed by atoms with Crippen molar-refractivity contribution >= 4 is 17.5 Å². The van der Waals surface area contributed by atoms with Crippen LogP contribution in [0.5, 0.6) is 0 Å². The molecule has 2 fully saturated rings. The standard InChI is InChI=1S/C9H14N4O3/c14-9(12-3-1-7(5-12)10-15)13-4-2-8(6-13)11-16/h15-16H,1-6H2. The predicted molar refractivity (Wildman–Crippen MR) is 56.2 cm³/mol. The highest BCUT2D eigenvalue weighted by Crippen LogP contribution is 2.13. The summed E-state index contributed by atoms with van der Waals surface area (Å²) in [5.74, 6) is 0. The minimum absolute atomic E-state index is 0.0858. The lowest BCUT2D eigenvalue weighted by molar-refractivity contribution is 0.175. The van der Waals surface area contributed by atoms with Gasteiger partial charge < -0.3 is 20.2 Å². The van der Waals surface area contributed by atoms with Gasteiger partial charge in [-0.3, -0.25) is 0 Å². The number of carbonyl (C=O) groups excluding carboxylic acids is 1. The average molecular weight is 226 g/mol. The molecule has 16 heavy (non-hydrogen) atoms. The Morgan fingerprint density at radius 1 is 1.00 bits per heavy atom. The SMILES string of the molecule is O=C(N1CCC(=NO)C1)N1CCC(=NO)C1. The van der Waals surface area contributed by atoms with Crippen LogP contribution in [0.4, 0.5) is 4.79 Å². The Morgan fingerprint density at radius 2 is 1.44 bits per heavy atom. The molecule has 2 N–H and O–H groups in total. The molecular weight excluding hydrogens is 212 g/mol. The largest absolute Gasteiger partial charge is 0.411 e. The molecule has 2 saturated heterocycles. The quantitative estimate of drug-likeness (QED) is 0.456. The maximum absolute atomic E-state index is 11.9. The van der Waals surface area contributed by atoms with Gasteiger partial charge in [0, 0.05) is 25.9 Å². The Labute approximate surface area is 92.6 Å². The molecule has 7 heteroatoms. The molecule has 88 valence electrons. The molecule has 2 rings (SSSR count). The summed E-state index contributed by atoms with van der Waals surface area (Å²) in [5.41, 5.74) is 1.26. The number of oxime groups is 2. The van der Waals surface area contributed by atoms with E-state index in [1.807, 2.05) is 0 Å². The van der Waals surface area contributed by atoms with Crippen molar-refractivity contribution in [3.05, 3.63) is 0 Å². The highest BCUT2D eigenvalue weighted by atomic mass is 16.4. The number of amides is 2. The summed E-state index contributed by atoms with van der Waals surface area (Å²) in [6.07, 6.45) is 1.24. The topological polar surface area (TPSA) is 88.7 Å². The summed E-state index contributed by atoms with van der Waals surface area (Å²) in [5, 5.41) is 23.4. The minimum atomic E-state index is -0.0858. The first-order valence-electron chi connectivity index (χ1n) is 5.18. The second kappa shape index (κ2) is 4.38. The summed E-state index contributed by atoms with van der Waals surface area (Å²) >= 11 is 0. The Bertz CT molecular complexity index is 321. The zero-order valence-corrected chi connectivity index (χ0v) is 8.83. The van der Waals surface area contributed by atoms with Crippen molar-refractivity contribution in [2.75, 3.05) is 26.2 Å². The molecular formula is C9H14N4O3. The van der Waals surface area contributed by atoms with E-state index < -0.39 is 0 Å². The van der Waals surface area contributed by atoms with E-state index in [2.05, 4.69) is 10.3 Å². The minimum Gasteiger partial charge on any atom is -0.411 e. The van der Waals surface area contributed by atoms with Crippen molar-refractivity contribution in [1.29, 1.82) is 0 Å². The van der Waals surface area contributed by atoms with Crippen LogP contribution in [0.15, 0.2) is 10.3 Å². The molecule has 2 aliphatic heterocycles. The molecule has 0 aromatic heterocycles. The summed E-state index contributed by atoms with van der Waals surface area (Å²) in [6.45, 7) is 1.94. The van der Waals surface area contributed by atoms with Gasteiger partial charge in [0.25, 0.3) is 0 Å². The van der Waals surface area contributed by atoms with E-state index in [4.69, 9.17) is 10.4 Å². The number of hydrogen-bond donors (Lipinski definition) is 2. The molecule has 0 bridgehead atoms. The molecule has 0 atom stereocenters. The second-order valence-corrected chi connectivity index (χ2v) is 3.96. The Morgan fingerprint density at radius 3 is 1.75 bits per heavy atom. The fourth-order valence-electron chi connectivity index (χ4n) is 1.97. The summed E-state index contributed by atoms with van der Waals surface area (Å²) in [7, 11) is 0. The second-order valence-electron chi connectivity index (χ2n) is 3.96. The zero-order chi connectivity index (χ0) is 11.5. The smallest absolute Gasteiger partial charge is 0.320 e. The molecule has 2 amide bonds. The van der Waals surface area contributed by atoms with Crippen LogP contribution < -0.4 is 0 Å². The third kappa shape index (κ3) is 1.93. The maximum Gasteiger partial charge on any atom is 0.320 e. The van der Waals surface area contributed by atoms with Crippen molar-refractivity contribution in [3.8, 4) is 0 Å². The van der Waals surface area contributed by atoms with Crippen LogP contribution in [0, 0.1) is 0 Å². The molecule has 0 spiro atoms. The van der Waals surface area contributed by atoms with Gasteiger partial charge in [0.1, 0.15) is 0 Å². The first-order valence-corrected chi connectivity index (χ1v) is 5.18. The number of nitrogens with zero attached hydrogens (tertiary/aromatic N) is 4.